The number of amides is 1. The number of hydrogen-bond acceptors (Lipinski definition) is 3. The SMILES string of the molecule is CCCCc1c(C)nn(C(=O)c2ccc(NC(=O)c3ccccc3)cc2)c1C. The van der Waals surface area contributed by atoms with E-state index in [-0.39, 0.29) is 11.8 Å². The summed E-state index contributed by atoms with van der Waals surface area (Å²) in [6.45, 7) is 6.04. The van der Waals surface area contributed by atoms with Crippen LogP contribution < -0.4 is 5.32 Å². The van der Waals surface area contributed by atoms with Gasteiger partial charge in [-0.25, -0.2) is 4.68 Å². The monoisotopic (exact) mass is 375 g/mol. The second-order valence-electron chi connectivity index (χ2n) is 6.87. The Morgan fingerprint density at radius 2 is 1.64 bits per heavy atom. The van der Waals surface area contributed by atoms with Crippen LogP contribution in [0.2, 0.25) is 0 Å². The maximum atomic E-state index is 12.9. The molecule has 0 atom stereocenters. The van der Waals surface area contributed by atoms with Crippen LogP contribution in [0.25, 0.3) is 0 Å². The molecule has 0 bridgehead atoms. The summed E-state index contributed by atoms with van der Waals surface area (Å²) < 4.78 is 1.48. The summed E-state index contributed by atoms with van der Waals surface area (Å²) in [5.41, 5.74) is 4.73. The Bertz CT molecular complexity index is 973. The van der Waals surface area contributed by atoms with Crippen molar-refractivity contribution < 1.29 is 9.59 Å². The Labute approximate surface area is 165 Å². The Balaban J connectivity index is 1.75. The summed E-state index contributed by atoms with van der Waals surface area (Å²) in [7, 11) is 0. The Morgan fingerprint density at radius 1 is 0.964 bits per heavy atom. The Hall–Kier alpha value is -3.21. The van der Waals surface area contributed by atoms with Crippen molar-refractivity contribution >= 4 is 17.5 Å². The standard InChI is InChI=1S/C23H25N3O2/c1-4-5-11-21-16(2)25-26(17(21)3)23(28)19-12-14-20(15-13-19)24-22(27)18-9-7-6-8-10-18/h6-10,12-15H,4-5,11H2,1-3H3,(H,24,27). The third-order valence-electron chi connectivity index (χ3n) is 4.84. The minimum atomic E-state index is -0.182. The smallest absolute Gasteiger partial charge is 0.278 e. The molecule has 3 aromatic rings. The molecule has 5 heteroatoms. The summed E-state index contributed by atoms with van der Waals surface area (Å²) >= 11 is 0. The average molecular weight is 375 g/mol. The third-order valence-corrected chi connectivity index (χ3v) is 4.84. The van der Waals surface area contributed by atoms with E-state index in [1.54, 1.807) is 36.4 Å². The van der Waals surface area contributed by atoms with E-state index in [0.29, 0.717) is 16.8 Å². The fourth-order valence-corrected chi connectivity index (χ4v) is 3.20. The van der Waals surface area contributed by atoms with Crippen LogP contribution in [0.4, 0.5) is 5.69 Å². The molecule has 0 saturated heterocycles. The molecule has 0 radical (unpaired) electrons. The molecule has 0 aliphatic heterocycles. The van der Waals surface area contributed by atoms with Gasteiger partial charge in [0.15, 0.2) is 0 Å². The van der Waals surface area contributed by atoms with Crippen LogP contribution in [0.1, 0.15) is 57.4 Å². The number of hydrogen-bond donors (Lipinski definition) is 1. The van der Waals surface area contributed by atoms with E-state index >= 15 is 0 Å². The van der Waals surface area contributed by atoms with E-state index in [4.69, 9.17) is 0 Å². The molecule has 3 rings (SSSR count). The van der Waals surface area contributed by atoms with Gasteiger partial charge in [-0.05, 0) is 68.7 Å². The van der Waals surface area contributed by atoms with Gasteiger partial charge in [-0.15, -0.1) is 0 Å². The summed E-state index contributed by atoms with van der Waals surface area (Å²) in [6, 6.07) is 15.9. The molecule has 1 aromatic heterocycles. The predicted octanol–water partition coefficient (Wildman–Crippen LogP) is 4.78. The zero-order valence-electron chi connectivity index (χ0n) is 16.5. The number of aryl methyl sites for hydroxylation is 1. The van der Waals surface area contributed by atoms with Crippen LogP contribution >= 0.6 is 0 Å². The van der Waals surface area contributed by atoms with Gasteiger partial charge in [0.25, 0.3) is 11.8 Å². The van der Waals surface area contributed by atoms with E-state index in [9.17, 15) is 9.59 Å². The number of carbonyl (C=O) groups excluding carboxylic acids is 2. The molecule has 0 saturated carbocycles. The van der Waals surface area contributed by atoms with E-state index < -0.39 is 0 Å². The molecule has 28 heavy (non-hydrogen) atoms. The zero-order valence-corrected chi connectivity index (χ0v) is 16.5. The van der Waals surface area contributed by atoms with Crippen LogP contribution in [0.5, 0.6) is 0 Å². The molecule has 144 valence electrons. The predicted molar refractivity (Wildman–Crippen MR) is 111 cm³/mol. The van der Waals surface area contributed by atoms with Crippen molar-refractivity contribution in [2.75, 3.05) is 5.32 Å². The van der Waals surface area contributed by atoms with Gasteiger partial charge >= 0.3 is 0 Å². The van der Waals surface area contributed by atoms with Crippen molar-refractivity contribution in [2.45, 2.75) is 40.0 Å². The van der Waals surface area contributed by atoms with Gasteiger partial charge in [0.2, 0.25) is 0 Å². The first-order valence-corrected chi connectivity index (χ1v) is 9.57. The summed E-state index contributed by atoms with van der Waals surface area (Å²) in [6.07, 6.45) is 3.12. The topological polar surface area (TPSA) is 64.0 Å². The highest BCUT2D eigenvalue weighted by Gasteiger charge is 2.17. The average Bonchev–Trinajstić information content (AvgIpc) is 3.00. The van der Waals surface area contributed by atoms with E-state index in [1.165, 1.54) is 4.68 Å². The van der Waals surface area contributed by atoms with Crippen molar-refractivity contribution in [3.8, 4) is 0 Å². The van der Waals surface area contributed by atoms with Crippen LogP contribution in [0.15, 0.2) is 54.6 Å². The lowest BCUT2D eigenvalue weighted by molar-refractivity contribution is 0.0941. The number of aromatic nitrogens is 2. The minimum absolute atomic E-state index is 0.163. The second kappa shape index (κ2) is 8.65. The van der Waals surface area contributed by atoms with Crippen LogP contribution in [0.3, 0.4) is 0 Å². The molecule has 0 aliphatic rings. The fraction of sp³-hybridized carbons (Fsp3) is 0.261. The highest BCUT2D eigenvalue weighted by Crippen LogP contribution is 2.18. The van der Waals surface area contributed by atoms with Crippen LogP contribution in [-0.4, -0.2) is 21.6 Å². The molecule has 1 N–H and O–H groups in total. The quantitative estimate of drug-likeness (QED) is 0.674. The molecule has 0 fully saturated rings. The van der Waals surface area contributed by atoms with E-state index in [1.807, 2.05) is 32.0 Å². The molecule has 1 heterocycles. The van der Waals surface area contributed by atoms with Crippen LogP contribution in [-0.2, 0) is 6.42 Å². The molecule has 2 aromatic carbocycles. The maximum absolute atomic E-state index is 12.9. The number of nitrogens with one attached hydrogen (secondary N) is 1. The van der Waals surface area contributed by atoms with Gasteiger partial charge in [0, 0.05) is 22.5 Å². The second-order valence-corrected chi connectivity index (χ2v) is 6.87. The van der Waals surface area contributed by atoms with Gasteiger partial charge in [-0.3, -0.25) is 9.59 Å². The van der Waals surface area contributed by atoms with Gasteiger partial charge < -0.3 is 5.32 Å². The van der Waals surface area contributed by atoms with Gasteiger partial charge in [-0.1, -0.05) is 31.5 Å². The molecule has 5 nitrogen and oxygen atoms in total. The van der Waals surface area contributed by atoms with Crippen LogP contribution in [0, 0.1) is 13.8 Å². The maximum Gasteiger partial charge on any atom is 0.278 e. The number of rotatable bonds is 6. The van der Waals surface area contributed by atoms with Crippen molar-refractivity contribution in [1.82, 2.24) is 9.78 Å². The Morgan fingerprint density at radius 3 is 2.29 bits per heavy atom. The van der Waals surface area contributed by atoms with Gasteiger partial charge in [0.05, 0.1) is 5.69 Å². The van der Waals surface area contributed by atoms with Gasteiger partial charge in [0.1, 0.15) is 0 Å². The number of unbranched alkanes of at least 4 members (excludes halogenated alkanes) is 1. The lowest BCUT2D eigenvalue weighted by Crippen LogP contribution is -2.16. The molecular formula is C23H25N3O2. The van der Waals surface area contributed by atoms with Crippen molar-refractivity contribution in [1.29, 1.82) is 0 Å². The summed E-state index contributed by atoms with van der Waals surface area (Å²) in [4.78, 5) is 25.1. The molecular weight excluding hydrogens is 350 g/mol. The molecule has 1 amide bonds. The fourth-order valence-electron chi connectivity index (χ4n) is 3.20. The number of carbonyl (C=O) groups is 2. The third kappa shape index (κ3) is 4.19. The van der Waals surface area contributed by atoms with Gasteiger partial charge in [-0.2, -0.15) is 5.10 Å². The summed E-state index contributed by atoms with van der Waals surface area (Å²) in [5, 5.41) is 7.29. The highest BCUT2D eigenvalue weighted by atomic mass is 16.2. The first kappa shape index (κ1) is 19.5. The lowest BCUT2D eigenvalue weighted by atomic mass is 10.1. The highest BCUT2D eigenvalue weighted by molar-refractivity contribution is 6.04. The van der Waals surface area contributed by atoms with E-state index in [0.717, 1.165) is 36.2 Å². The molecule has 0 unspecified atom stereocenters. The first-order valence-electron chi connectivity index (χ1n) is 9.57. The molecule has 0 aliphatic carbocycles. The largest absolute Gasteiger partial charge is 0.322 e. The van der Waals surface area contributed by atoms with Crippen molar-refractivity contribution in [2.24, 2.45) is 0 Å². The number of anilines is 1. The molecule has 0 spiro atoms. The normalized spacial score (nSPS) is 10.7. The summed E-state index contributed by atoms with van der Waals surface area (Å²) in [5.74, 6) is -0.344. The Kier molecular flexibility index (Phi) is 6.04. The van der Waals surface area contributed by atoms with Crippen molar-refractivity contribution in [3.05, 3.63) is 82.7 Å². The first-order chi connectivity index (χ1) is 13.5. The van der Waals surface area contributed by atoms with Crippen molar-refractivity contribution in [3.63, 3.8) is 0 Å². The number of benzene rings is 2. The zero-order chi connectivity index (χ0) is 20.1. The minimum Gasteiger partial charge on any atom is -0.322 e. The number of nitrogens with zero attached hydrogens (tertiary/aromatic N) is 2. The van der Waals surface area contributed by atoms with E-state index in [2.05, 4.69) is 17.3 Å². The lowest BCUT2D eigenvalue weighted by Gasteiger charge is -2.07.